The summed E-state index contributed by atoms with van der Waals surface area (Å²) >= 11 is 0. The van der Waals surface area contributed by atoms with Crippen molar-refractivity contribution >= 4 is 23.0 Å². The van der Waals surface area contributed by atoms with Gasteiger partial charge in [0.1, 0.15) is 18.1 Å². The van der Waals surface area contributed by atoms with Crippen LogP contribution in [0.5, 0.6) is 0 Å². The first kappa shape index (κ1) is 15.8. The van der Waals surface area contributed by atoms with Crippen molar-refractivity contribution in [2.75, 3.05) is 0 Å². The Hall–Kier alpha value is -3.74. The molecule has 0 saturated heterocycles. The van der Waals surface area contributed by atoms with E-state index < -0.39 is 5.97 Å². The summed E-state index contributed by atoms with van der Waals surface area (Å²) in [5.74, 6) is 0.794. The van der Waals surface area contributed by atoms with E-state index in [9.17, 15) is 4.79 Å². The number of furan rings is 1. The van der Waals surface area contributed by atoms with Crippen molar-refractivity contribution in [2.45, 2.75) is 6.54 Å². The van der Waals surface area contributed by atoms with Crippen LogP contribution in [-0.4, -0.2) is 21.0 Å². The Morgan fingerprint density at radius 2 is 1.88 bits per heavy atom. The van der Waals surface area contributed by atoms with Crippen LogP contribution in [0.2, 0.25) is 0 Å². The first-order chi connectivity index (χ1) is 12.7. The van der Waals surface area contributed by atoms with Gasteiger partial charge in [-0.2, -0.15) is 5.11 Å². The van der Waals surface area contributed by atoms with Crippen LogP contribution in [0, 0.1) is 0 Å². The lowest BCUT2D eigenvalue weighted by molar-refractivity contribution is 0.0697. The van der Waals surface area contributed by atoms with Gasteiger partial charge in [-0.05, 0) is 36.4 Å². The maximum absolute atomic E-state index is 10.9. The predicted octanol–water partition coefficient (Wildman–Crippen LogP) is 4.81. The van der Waals surface area contributed by atoms with E-state index in [1.165, 1.54) is 0 Å². The predicted molar refractivity (Wildman–Crippen MR) is 95.4 cm³/mol. The van der Waals surface area contributed by atoms with Gasteiger partial charge in [0, 0.05) is 5.56 Å². The average Bonchev–Trinajstić information content (AvgIpc) is 3.28. The van der Waals surface area contributed by atoms with Crippen LogP contribution in [0.4, 0.5) is 5.95 Å². The Bertz CT molecular complexity index is 1060. The lowest BCUT2D eigenvalue weighted by Crippen LogP contribution is -1.94. The van der Waals surface area contributed by atoms with E-state index in [-0.39, 0.29) is 12.1 Å². The molecule has 0 aliphatic heterocycles. The molecule has 0 radical (unpaired) electrons. The minimum atomic E-state index is -0.956. The number of hydrogen-bond acceptors (Lipinski definition) is 5. The van der Waals surface area contributed by atoms with Gasteiger partial charge in [0.05, 0.1) is 16.6 Å². The number of aromatic amines is 1. The number of H-pyrrole nitrogens is 1. The highest BCUT2D eigenvalue weighted by Gasteiger charge is 2.07. The highest BCUT2D eigenvalue weighted by Crippen LogP contribution is 2.23. The summed E-state index contributed by atoms with van der Waals surface area (Å²) in [5.41, 5.74) is 2.79. The zero-order valence-electron chi connectivity index (χ0n) is 13.6. The standard InChI is InChI=1S/C19H14N4O3/c24-18(25)13-7-5-12(6-8-13)17-10-9-14(26-17)11-20-23-19-21-15-3-1-2-4-16(15)22-19/h1-10H,11H2,(H,21,22)(H,24,25). The SMILES string of the molecule is O=C(O)c1ccc(-c2ccc(CN=Nc3nc4ccccc4[nH]3)o2)cc1. The molecule has 0 amide bonds. The molecule has 7 nitrogen and oxygen atoms in total. The van der Waals surface area contributed by atoms with Gasteiger partial charge in [-0.1, -0.05) is 24.3 Å². The smallest absolute Gasteiger partial charge is 0.335 e. The summed E-state index contributed by atoms with van der Waals surface area (Å²) in [6.45, 7) is 0.282. The maximum atomic E-state index is 10.9. The number of para-hydroxylation sites is 2. The van der Waals surface area contributed by atoms with E-state index >= 15 is 0 Å². The summed E-state index contributed by atoms with van der Waals surface area (Å²) in [5, 5.41) is 17.1. The van der Waals surface area contributed by atoms with E-state index in [1.807, 2.05) is 36.4 Å². The molecule has 0 bridgehead atoms. The van der Waals surface area contributed by atoms with Crippen LogP contribution in [-0.2, 0) is 6.54 Å². The molecule has 7 heteroatoms. The molecule has 0 spiro atoms. The molecular formula is C19H14N4O3. The number of imidazole rings is 1. The van der Waals surface area contributed by atoms with Crippen LogP contribution in [0.25, 0.3) is 22.4 Å². The molecule has 4 rings (SSSR count). The fourth-order valence-corrected chi connectivity index (χ4v) is 2.55. The summed E-state index contributed by atoms with van der Waals surface area (Å²) in [6, 6.07) is 17.8. The summed E-state index contributed by atoms with van der Waals surface area (Å²) in [7, 11) is 0. The maximum Gasteiger partial charge on any atom is 0.335 e. The van der Waals surface area contributed by atoms with Crippen molar-refractivity contribution in [3.63, 3.8) is 0 Å². The van der Waals surface area contributed by atoms with Gasteiger partial charge in [0.15, 0.2) is 0 Å². The number of carboxylic acids is 1. The molecule has 0 aliphatic rings. The number of carbonyl (C=O) groups is 1. The van der Waals surface area contributed by atoms with Crippen LogP contribution in [0.1, 0.15) is 16.1 Å². The number of benzene rings is 2. The van der Waals surface area contributed by atoms with Crippen LogP contribution < -0.4 is 0 Å². The van der Waals surface area contributed by atoms with Crippen molar-refractivity contribution in [3.8, 4) is 11.3 Å². The zero-order chi connectivity index (χ0) is 17.9. The van der Waals surface area contributed by atoms with Gasteiger partial charge in [-0.3, -0.25) is 0 Å². The normalized spacial score (nSPS) is 11.4. The van der Waals surface area contributed by atoms with Gasteiger partial charge in [-0.25, -0.2) is 9.78 Å². The Morgan fingerprint density at radius 1 is 1.08 bits per heavy atom. The van der Waals surface area contributed by atoms with Crippen LogP contribution in [0.3, 0.4) is 0 Å². The fourth-order valence-electron chi connectivity index (χ4n) is 2.55. The van der Waals surface area contributed by atoms with E-state index in [0.717, 1.165) is 16.6 Å². The minimum Gasteiger partial charge on any atom is -0.478 e. The van der Waals surface area contributed by atoms with Gasteiger partial charge >= 0.3 is 5.97 Å². The van der Waals surface area contributed by atoms with E-state index in [2.05, 4.69) is 20.2 Å². The third-order valence-corrected chi connectivity index (χ3v) is 3.85. The molecule has 128 valence electrons. The largest absolute Gasteiger partial charge is 0.478 e. The lowest BCUT2D eigenvalue weighted by atomic mass is 10.1. The first-order valence-electron chi connectivity index (χ1n) is 7.94. The van der Waals surface area contributed by atoms with Crippen molar-refractivity contribution in [3.05, 3.63) is 72.0 Å². The van der Waals surface area contributed by atoms with Crippen molar-refractivity contribution in [1.29, 1.82) is 0 Å². The molecule has 0 aliphatic carbocycles. The third-order valence-electron chi connectivity index (χ3n) is 3.85. The minimum absolute atomic E-state index is 0.236. The summed E-state index contributed by atoms with van der Waals surface area (Å²) < 4.78 is 5.74. The lowest BCUT2D eigenvalue weighted by Gasteiger charge is -1.98. The molecule has 2 aromatic carbocycles. The second kappa shape index (κ2) is 6.64. The van der Waals surface area contributed by atoms with Gasteiger partial charge in [0.25, 0.3) is 0 Å². The van der Waals surface area contributed by atoms with Crippen LogP contribution >= 0.6 is 0 Å². The molecule has 0 atom stereocenters. The van der Waals surface area contributed by atoms with Crippen LogP contribution in [0.15, 0.2) is 75.3 Å². The molecule has 2 heterocycles. The second-order valence-electron chi connectivity index (χ2n) is 5.63. The van der Waals surface area contributed by atoms with Crippen molar-refractivity contribution in [1.82, 2.24) is 9.97 Å². The fraction of sp³-hybridized carbons (Fsp3) is 0.0526. The zero-order valence-corrected chi connectivity index (χ0v) is 13.6. The Kier molecular flexibility index (Phi) is 4.03. The summed E-state index contributed by atoms with van der Waals surface area (Å²) in [4.78, 5) is 18.3. The number of azo groups is 1. The molecule has 2 N–H and O–H groups in total. The van der Waals surface area contributed by atoms with Crippen molar-refractivity contribution < 1.29 is 14.3 Å². The summed E-state index contributed by atoms with van der Waals surface area (Å²) in [6.07, 6.45) is 0. The van der Waals surface area contributed by atoms with E-state index in [0.29, 0.717) is 17.5 Å². The topological polar surface area (TPSA) is 104 Å². The quantitative estimate of drug-likeness (QED) is 0.506. The number of fused-ring (bicyclic) bond motifs is 1. The number of hydrogen-bond donors (Lipinski definition) is 2. The number of nitrogens with one attached hydrogen (secondary N) is 1. The Morgan fingerprint density at radius 3 is 2.65 bits per heavy atom. The second-order valence-corrected chi connectivity index (χ2v) is 5.63. The monoisotopic (exact) mass is 346 g/mol. The molecule has 0 unspecified atom stereocenters. The Labute approximate surface area is 148 Å². The molecule has 0 fully saturated rings. The molecular weight excluding hydrogens is 332 g/mol. The van der Waals surface area contributed by atoms with E-state index in [4.69, 9.17) is 9.52 Å². The average molecular weight is 346 g/mol. The molecule has 26 heavy (non-hydrogen) atoms. The molecule has 0 saturated carbocycles. The van der Waals surface area contributed by atoms with Gasteiger partial charge in [-0.15, -0.1) is 5.11 Å². The van der Waals surface area contributed by atoms with Gasteiger partial charge in [0.2, 0.25) is 5.95 Å². The van der Waals surface area contributed by atoms with Crippen molar-refractivity contribution in [2.24, 2.45) is 10.2 Å². The highest BCUT2D eigenvalue weighted by molar-refractivity contribution is 5.88. The Balaban J connectivity index is 1.45. The number of aromatic nitrogens is 2. The van der Waals surface area contributed by atoms with E-state index in [1.54, 1.807) is 24.3 Å². The van der Waals surface area contributed by atoms with Gasteiger partial charge < -0.3 is 14.5 Å². The third kappa shape index (κ3) is 3.23. The first-order valence-corrected chi connectivity index (χ1v) is 7.94. The number of aromatic carboxylic acids is 1. The number of nitrogens with zero attached hydrogens (tertiary/aromatic N) is 3. The molecule has 4 aromatic rings. The number of carboxylic acid groups (broad SMARTS) is 1. The molecule has 2 aromatic heterocycles. The highest BCUT2D eigenvalue weighted by atomic mass is 16.4. The number of rotatable bonds is 5.